The zero-order chi connectivity index (χ0) is 21.3. The van der Waals surface area contributed by atoms with Gasteiger partial charge >= 0.3 is 0 Å². The zero-order valence-electron chi connectivity index (χ0n) is 17.2. The van der Waals surface area contributed by atoms with Crippen LogP contribution in [0, 0.1) is 18.3 Å². The number of nitriles is 1. The third-order valence-corrected chi connectivity index (χ3v) is 4.68. The number of nitrogens with zero attached hydrogens (tertiary/aromatic N) is 1. The van der Waals surface area contributed by atoms with Gasteiger partial charge in [0.05, 0.1) is 0 Å². The molecular weight excluding hydrogens is 372 g/mol. The van der Waals surface area contributed by atoms with Gasteiger partial charge in [-0.05, 0) is 48.7 Å². The topological polar surface area (TPSA) is 62.1 Å². The van der Waals surface area contributed by atoms with Crippen LogP contribution in [0.15, 0.2) is 78.4 Å². The van der Waals surface area contributed by atoms with Crippen LogP contribution in [-0.4, -0.2) is 5.91 Å². The molecule has 30 heavy (non-hydrogen) atoms. The van der Waals surface area contributed by atoms with Gasteiger partial charge < -0.3 is 10.1 Å². The first-order chi connectivity index (χ1) is 14.6. The van der Waals surface area contributed by atoms with E-state index in [9.17, 15) is 10.1 Å². The first-order valence-electron chi connectivity index (χ1n) is 9.88. The smallest absolute Gasteiger partial charge is 0.266 e. The third-order valence-electron chi connectivity index (χ3n) is 4.68. The van der Waals surface area contributed by atoms with Crippen LogP contribution in [0.4, 0.5) is 5.69 Å². The minimum atomic E-state index is -0.449. The fraction of sp³-hybridized carbons (Fsp3) is 0.154. The Kier molecular flexibility index (Phi) is 7.02. The molecule has 0 radical (unpaired) electrons. The summed E-state index contributed by atoms with van der Waals surface area (Å²) in [6.45, 7) is 4.51. The SMILES string of the molecule is CCc1ccc(NC(=O)/C(C#N)=C/c2ccccc2OCc2cccc(C)c2)cc1. The Hall–Kier alpha value is -3.84. The predicted molar refractivity (Wildman–Crippen MR) is 120 cm³/mol. The molecule has 0 unspecified atom stereocenters. The number of carbonyl (C=O) groups is 1. The van der Waals surface area contributed by atoms with E-state index >= 15 is 0 Å². The van der Waals surface area contributed by atoms with Crippen LogP contribution >= 0.6 is 0 Å². The summed E-state index contributed by atoms with van der Waals surface area (Å²) in [5.74, 6) is 0.169. The molecule has 0 aliphatic heterocycles. The summed E-state index contributed by atoms with van der Waals surface area (Å²) >= 11 is 0. The number of hydrogen-bond acceptors (Lipinski definition) is 3. The summed E-state index contributed by atoms with van der Waals surface area (Å²) < 4.78 is 5.96. The van der Waals surface area contributed by atoms with Crippen molar-refractivity contribution < 1.29 is 9.53 Å². The highest BCUT2D eigenvalue weighted by Gasteiger charge is 2.11. The van der Waals surface area contributed by atoms with Crippen molar-refractivity contribution in [2.45, 2.75) is 26.9 Å². The van der Waals surface area contributed by atoms with Crippen LogP contribution in [-0.2, 0) is 17.8 Å². The molecule has 0 atom stereocenters. The molecular formula is C26H24N2O2. The largest absolute Gasteiger partial charge is 0.488 e. The predicted octanol–water partition coefficient (Wildman–Crippen LogP) is 5.68. The van der Waals surface area contributed by atoms with E-state index in [1.54, 1.807) is 6.08 Å². The van der Waals surface area contributed by atoms with Gasteiger partial charge in [0.1, 0.15) is 24.0 Å². The van der Waals surface area contributed by atoms with Gasteiger partial charge in [0.25, 0.3) is 5.91 Å². The second-order valence-electron chi connectivity index (χ2n) is 6.99. The molecule has 1 amide bonds. The van der Waals surface area contributed by atoms with Crippen LogP contribution < -0.4 is 10.1 Å². The van der Waals surface area contributed by atoms with E-state index in [4.69, 9.17) is 4.74 Å². The average Bonchev–Trinajstić information content (AvgIpc) is 2.77. The highest BCUT2D eigenvalue weighted by molar-refractivity contribution is 6.09. The summed E-state index contributed by atoms with van der Waals surface area (Å²) in [7, 11) is 0. The summed E-state index contributed by atoms with van der Waals surface area (Å²) in [5, 5.41) is 12.3. The van der Waals surface area contributed by atoms with Crippen molar-refractivity contribution in [3.05, 3.63) is 101 Å². The quantitative estimate of drug-likeness (QED) is 0.413. The summed E-state index contributed by atoms with van der Waals surface area (Å²) in [6, 6.07) is 25.1. The number of nitrogens with one attached hydrogen (secondary N) is 1. The number of ether oxygens (including phenoxy) is 1. The maximum Gasteiger partial charge on any atom is 0.266 e. The van der Waals surface area contributed by atoms with Crippen molar-refractivity contribution in [2.75, 3.05) is 5.32 Å². The highest BCUT2D eigenvalue weighted by atomic mass is 16.5. The molecule has 0 aliphatic carbocycles. The van der Waals surface area contributed by atoms with E-state index in [2.05, 4.69) is 18.3 Å². The summed E-state index contributed by atoms with van der Waals surface area (Å²) in [4.78, 5) is 12.6. The molecule has 0 saturated heterocycles. The monoisotopic (exact) mass is 396 g/mol. The molecule has 1 N–H and O–H groups in total. The molecule has 0 heterocycles. The Bertz CT molecular complexity index is 1090. The molecule has 0 aliphatic rings. The first kappa shape index (κ1) is 20.9. The van der Waals surface area contributed by atoms with Gasteiger partial charge in [-0.2, -0.15) is 5.26 Å². The maximum atomic E-state index is 12.6. The molecule has 4 heteroatoms. The number of para-hydroxylation sites is 1. The van der Waals surface area contributed by atoms with Crippen LogP contribution in [0.5, 0.6) is 5.75 Å². The molecule has 0 aromatic heterocycles. The van der Waals surface area contributed by atoms with Crippen LogP contribution in [0.1, 0.15) is 29.2 Å². The van der Waals surface area contributed by atoms with Gasteiger partial charge in [-0.25, -0.2) is 0 Å². The van der Waals surface area contributed by atoms with Gasteiger partial charge in [0.15, 0.2) is 0 Å². The second kappa shape index (κ2) is 10.1. The van der Waals surface area contributed by atoms with Crippen LogP contribution in [0.25, 0.3) is 6.08 Å². The number of rotatable bonds is 7. The van der Waals surface area contributed by atoms with Crippen molar-refractivity contribution >= 4 is 17.7 Å². The lowest BCUT2D eigenvalue weighted by Gasteiger charge is -2.10. The molecule has 4 nitrogen and oxygen atoms in total. The van der Waals surface area contributed by atoms with Crippen LogP contribution in [0.3, 0.4) is 0 Å². The molecule has 0 saturated carbocycles. The molecule has 150 valence electrons. The van der Waals surface area contributed by atoms with Crippen molar-refractivity contribution in [2.24, 2.45) is 0 Å². The Morgan fingerprint density at radius 1 is 1.03 bits per heavy atom. The van der Waals surface area contributed by atoms with Gasteiger partial charge in [0, 0.05) is 11.3 Å². The van der Waals surface area contributed by atoms with E-state index in [-0.39, 0.29) is 5.57 Å². The third kappa shape index (κ3) is 5.59. The zero-order valence-corrected chi connectivity index (χ0v) is 17.2. The molecule has 0 fully saturated rings. The summed E-state index contributed by atoms with van der Waals surface area (Å²) in [6.07, 6.45) is 2.48. The molecule has 0 spiro atoms. The molecule has 3 aromatic carbocycles. The number of anilines is 1. The normalized spacial score (nSPS) is 10.9. The highest BCUT2D eigenvalue weighted by Crippen LogP contribution is 2.23. The lowest BCUT2D eigenvalue weighted by atomic mass is 10.1. The fourth-order valence-corrected chi connectivity index (χ4v) is 3.02. The van der Waals surface area contributed by atoms with E-state index in [0.29, 0.717) is 23.6 Å². The number of hydrogen-bond donors (Lipinski definition) is 1. The first-order valence-corrected chi connectivity index (χ1v) is 9.88. The standard InChI is InChI=1S/C26H24N2O2/c1-3-20-11-13-24(14-12-20)28-26(29)23(17-27)16-22-9-4-5-10-25(22)30-18-21-8-6-7-19(2)15-21/h4-16H,3,18H2,1-2H3,(H,28,29)/b23-16+. The van der Waals surface area contributed by atoms with Gasteiger partial charge in [-0.1, -0.05) is 67.1 Å². The average molecular weight is 396 g/mol. The fourth-order valence-electron chi connectivity index (χ4n) is 3.02. The molecule has 0 bridgehead atoms. The van der Waals surface area contributed by atoms with Gasteiger partial charge in [-0.3, -0.25) is 4.79 Å². The maximum absolute atomic E-state index is 12.6. The summed E-state index contributed by atoms with van der Waals surface area (Å²) in [5.41, 5.74) is 4.76. The molecule has 3 aromatic rings. The van der Waals surface area contributed by atoms with Crippen molar-refractivity contribution in [3.8, 4) is 11.8 Å². The lowest BCUT2D eigenvalue weighted by Crippen LogP contribution is -2.13. The Balaban J connectivity index is 1.76. The Morgan fingerprint density at radius 2 is 1.80 bits per heavy atom. The van der Waals surface area contributed by atoms with Gasteiger partial charge in [0.2, 0.25) is 0 Å². The number of amides is 1. The Labute approximate surface area is 177 Å². The van der Waals surface area contributed by atoms with E-state index in [1.807, 2.05) is 79.7 Å². The van der Waals surface area contributed by atoms with E-state index in [1.165, 1.54) is 11.1 Å². The van der Waals surface area contributed by atoms with Crippen molar-refractivity contribution in [1.82, 2.24) is 0 Å². The van der Waals surface area contributed by atoms with E-state index < -0.39 is 5.91 Å². The number of benzene rings is 3. The van der Waals surface area contributed by atoms with E-state index in [0.717, 1.165) is 12.0 Å². The van der Waals surface area contributed by atoms with Crippen molar-refractivity contribution in [3.63, 3.8) is 0 Å². The van der Waals surface area contributed by atoms with Crippen LogP contribution in [0.2, 0.25) is 0 Å². The Morgan fingerprint density at radius 3 is 2.50 bits per heavy atom. The van der Waals surface area contributed by atoms with Gasteiger partial charge in [-0.15, -0.1) is 0 Å². The minimum Gasteiger partial charge on any atom is -0.488 e. The molecule has 3 rings (SSSR count). The number of carbonyl (C=O) groups excluding carboxylic acids is 1. The van der Waals surface area contributed by atoms with Crippen molar-refractivity contribution in [1.29, 1.82) is 5.26 Å². The second-order valence-corrected chi connectivity index (χ2v) is 6.99. The lowest BCUT2D eigenvalue weighted by molar-refractivity contribution is -0.112. The number of aryl methyl sites for hydroxylation is 2. The minimum absolute atomic E-state index is 0.0150.